The molecule has 9 heteroatoms. The third-order valence-corrected chi connectivity index (χ3v) is 6.13. The summed E-state index contributed by atoms with van der Waals surface area (Å²) in [6.07, 6.45) is 2.25. The second kappa shape index (κ2) is 10.3. The van der Waals surface area contributed by atoms with Crippen LogP contribution in [0.2, 0.25) is 0 Å². The number of sulfonamides is 1. The molecule has 2 N–H and O–H groups in total. The van der Waals surface area contributed by atoms with Gasteiger partial charge in [0.25, 0.3) is 0 Å². The van der Waals surface area contributed by atoms with Crippen LogP contribution in [0.25, 0.3) is 0 Å². The smallest absolute Gasteiger partial charge is 0.240 e. The molecule has 8 nitrogen and oxygen atoms in total. The quantitative estimate of drug-likeness (QED) is 0.510. The molecule has 1 amide bonds. The highest BCUT2D eigenvalue weighted by atomic mass is 32.2. The number of ether oxygens (including phenoxy) is 2. The summed E-state index contributed by atoms with van der Waals surface area (Å²) in [5.74, 6) is 1.37. The maximum absolute atomic E-state index is 12.3. The lowest BCUT2D eigenvalue weighted by atomic mass is 10.1. The van der Waals surface area contributed by atoms with Gasteiger partial charge in [-0.1, -0.05) is 18.2 Å². The molecule has 1 aromatic heterocycles. The molecule has 0 unspecified atom stereocenters. The van der Waals surface area contributed by atoms with E-state index in [0.717, 1.165) is 11.1 Å². The van der Waals surface area contributed by atoms with Crippen LogP contribution in [0.4, 0.5) is 5.69 Å². The lowest BCUT2D eigenvalue weighted by Gasteiger charge is -2.11. The Morgan fingerprint density at radius 1 is 1.03 bits per heavy atom. The normalized spacial score (nSPS) is 11.1. The van der Waals surface area contributed by atoms with Crippen LogP contribution < -0.4 is 19.5 Å². The molecule has 0 fully saturated rings. The van der Waals surface area contributed by atoms with Gasteiger partial charge in [0.1, 0.15) is 0 Å². The number of aromatic nitrogens is 1. The van der Waals surface area contributed by atoms with Gasteiger partial charge >= 0.3 is 0 Å². The topological polar surface area (TPSA) is 107 Å². The zero-order valence-corrected chi connectivity index (χ0v) is 18.9. The fourth-order valence-electron chi connectivity index (χ4n) is 2.92. The number of benzene rings is 2. The van der Waals surface area contributed by atoms with Crippen LogP contribution in [0.3, 0.4) is 0 Å². The molecule has 0 aliphatic carbocycles. The van der Waals surface area contributed by atoms with Crippen LogP contribution >= 0.6 is 0 Å². The molecule has 1 heterocycles. The Morgan fingerprint density at radius 3 is 2.41 bits per heavy atom. The van der Waals surface area contributed by atoms with Crippen LogP contribution in [0.1, 0.15) is 17.5 Å². The van der Waals surface area contributed by atoms with Crippen molar-refractivity contribution in [3.8, 4) is 17.4 Å². The van der Waals surface area contributed by atoms with E-state index in [9.17, 15) is 13.2 Å². The molecule has 3 rings (SSSR count). The van der Waals surface area contributed by atoms with Crippen molar-refractivity contribution in [2.24, 2.45) is 0 Å². The Morgan fingerprint density at radius 2 is 1.78 bits per heavy atom. The van der Waals surface area contributed by atoms with E-state index < -0.39 is 10.0 Å². The van der Waals surface area contributed by atoms with Gasteiger partial charge in [-0.25, -0.2) is 18.1 Å². The van der Waals surface area contributed by atoms with Crippen molar-refractivity contribution in [1.29, 1.82) is 0 Å². The second-order valence-corrected chi connectivity index (χ2v) is 8.93. The number of hydrogen-bond acceptors (Lipinski definition) is 6. The molecule has 0 aliphatic rings. The summed E-state index contributed by atoms with van der Waals surface area (Å²) in [4.78, 5) is 16.7. The number of pyridine rings is 1. The number of aryl methyl sites for hydroxylation is 2. The van der Waals surface area contributed by atoms with E-state index in [0.29, 0.717) is 29.5 Å². The second-order valence-electron chi connectivity index (χ2n) is 7.04. The highest BCUT2D eigenvalue weighted by Gasteiger charge is 2.11. The summed E-state index contributed by atoms with van der Waals surface area (Å²) in [6, 6.07) is 15.4. The number of hydrogen-bond donors (Lipinski definition) is 2. The van der Waals surface area contributed by atoms with Gasteiger partial charge in [-0.2, -0.15) is 0 Å². The van der Waals surface area contributed by atoms with E-state index in [1.54, 1.807) is 31.4 Å². The SMILES string of the molecule is CNS(=O)(=O)c1ccc(CCC(=O)Nc2ccc(Oc3ccc(C)cc3OC)nc2)cc1. The molecule has 2 aromatic carbocycles. The molecule has 0 spiro atoms. The Balaban J connectivity index is 1.54. The van der Waals surface area contributed by atoms with Gasteiger partial charge < -0.3 is 14.8 Å². The maximum Gasteiger partial charge on any atom is 0.240 e. The molecular weight excluding hydrogens is 430 g/mol. The van der Waals surface area contributed by atoms with E-state index in [1.165, 1.54) is 25.4 Å². The Hall–Kier alpha value is -3.43. The molecule has 0 saturated heterocycles. The average Bonchev–Trinajstić information content (AvgIpc) is 2.80. The molecule has 0 saturated carbocycles. The molecule has 168 valence electrons. The highest BCUT2D eigenvalue weighted by Crippen LogP contribution is 2.31. The van der Waals surface area contributed by atoms with Gasteiger partial charge in [0.05, 0.1) is 23.9 Å². The zero-order chi connectivity index (χ0) is 23.1. The first kappa shape index (κ1) is 23.2. The molecule has 32 heavy (non-hydrogen) atoms. The number of nitrogens with zero attached hydrogens (tertiary/aromatic N) is 1. The van der Waals surface area contributed by atoms with Crippen LogP contribution in [-0.4, -0.2) is 33.5 Å². The lowest BCUT2D eigenvalue weighted by molar-refractivity contribution is -0.116. The zero-order valence-electron chi connectivity index (χ0n) is 18.1. The summed E-state index contributed by atoms with van der Waals surface area (Å²) in [7, 11) is -0.533. The number of anilines is 1. The average molecular weight is 456 g/mol. The van der Waals surface area contributed by atoms with Crippen molar-refractivity contribution in [3.63, 3.8) is 0 Å². The first-order valence-electron chi connectivity index (χ1n) is 9.91. The van der Waals surface area contributed by atoms with Crippen molar-refractivity contribution in [3.05, 3.63) is 71.9 Å². The lowest BCUT2D eigenvalue weighted by Crippen LogP contribution is -2.18. The van der Waals surface area contributed by atoms with Gasteiger partial charge in [-0.3, -0.25) is 4.79 Å². The number of rotatable bonds is 9. The van der Waals surface area contributed by atoms with E-state index in [4.69, 9.17) is 9.47 Å². The molecule has 0 bridgehead atoms. The molecule has 3 aromatic rings. The van der Waals surface area contributed by atoms with Gasteiger partial charge in [-0.15, -0.1) is 0 Å². The van der Waals surface area contributed by atoms with E-state index in [1.807, 2.05) is 25.1 Å². The van der Waals surface area contributed by atoms with Crippen LogP contribution in [0.5, 0.6) is 17.4 Å². The van der Waals surface area contributed by atoms with E-state index in [-0.39, 0.29) is 17.2 Å². The summed E-state index contributed by atoms with van der Waals surface area (Å²) in [5, 5.41) is 2.79. The molecule has 0 atom stereocenters. The van der Waals surface area contributed by atoms with Crippen LogP contribution in [0.15, 0.2) is 65.7 Å². The van der Waals surface area contributed by atoms with Crippen molar-refractivity contribution in [1.82, 2.24) is 9.71 Å². The molecular formula is C23H25N3O5S. The maximum atomic E-state index is 12.3. The van der Waals surface area contributed by atoms with Crippen molar-refractivity contribution in [2.75, 3.05) is 19.5 Å². The third kappa shape index (κ3) is 6.05. The summed E-state index contributed by atoms with van der Waals surface area (Å²) < 4.78 is 36.9. The standard InChI is InChI=1S/C23H25N3O5S/c1-16-4-11-20(21(14-16)30-3)31-23-13-8-18(15-25-23)26-22(27)12-7-17-5-9-19(10-6-17)32(28,29)24-2/h4-6,8-11,13-15,24H,7,12H2,1-3H3,(H,26,27). The Kier molecular flexibility index (Phi) is 7.45. The minimum absolute atomic E-state index is 0.174. The van der Waals surface area contributed by atoms with Crippen molar-refractivity contribution in [2.45, 2.75) is 24.7 Å². The largest absolute Gasteiger partial charge is 0.493 e. The Labute approximate surface area is 187 Å². The van der Waals surface area contributed by atoms with Crippen LogP contribution in [-0.2, 0) is 21.2 Å². The fourth-order valence-corrected chi connectivity index (χ4v) is 3.65. The van der Waals surface area contributed by atoms with Crippen molar-refractivity contribution < 1.29 is 22.7 Å². The molecule has 0 aliphatic heterocycles. The molecule has 0 radical (unpaired) electrons. The number of carbonyl (C=O) groups excluding carboxylic acids is 1. The predicted octanol–water partition coefficient (Wildman–Crippen LogP) is 3.67. The highest BCUT2D eigenvalue weighted by molar-refractivity contribution is 7.89. The van der Waals surface area contributed by atoms with Crippen molar-refractivity contribution >= 4 is 21.6 Å². The predicted molar refractivity (Wildman–Crippen MR) is 122 cm³/mol. The van der Waals surface area contributed by atoms with Gasteiger partial charge in [0, 0.05) is 12.5 Å². The minimum Gasteiger partial charge on any atom is -0.493 e. The van der Waals surface area contributed by atoms with Gasteiger partial charge in [0.2, 0.25) is 21.8 Å². The first-order valence-corrected chi connectivity index (χ1v) is 11.4. The fraction of sp³-hybridized carbons (Fsp3) is 0.217. The summed E-state index contributed by atoms with van der Waals surface area (Å²) in [6.45, 7) is 1.96. The van der Waals surface area contributed by atoms with Crippen LogP contribution in [0, 0.1) is 6.92 Å². The summed E-state index contributed by atoms with van der Waals surface area (Å²) in [5.41, 5.74) is 2.47. The Bertz CT molecular complexity index is 1180. The monoisotopic (exact) mass is 455 g/mol. The van der Waals surface area contributed by atoms with Gasteiger partial charge in [0.15, 0.2) is 11.5 Å². The number of amides is 1. The number of methoxy groups -OCH3 is 1. The number of carbonyl (C=O) groups is 1. The third-order valence-electron chi connectivity index (χ3n) is 4.70. The van der Waals surface area contributed by atoms with E-state index >= 15 is 0 Å². The van der Waals surface area contributed by atoms with Gasteiger partial charge in [-0.05, 0) is 61.9 Å². The van der Waals surface area contributed by atoms with E-state index in [2.05, 4.69) is 15.0 Å². The summed E-state index contributed by atoms with van der Waals surface area (Å²) >= 11 is 0. The minimum atomic E-state index is -3.47. The number of nitrogens with one attached hydrogen (secondary N) is 2. The first-order chi connectivity index (χ1) is 15.3.